The Bertz CT molecular complexity index is 716. The molecule has 0 radical (unpaired) electrons. The van der Waals surface area contributed by atoms with Crippen LogP contribution in [0.2, 0.25) is 0 Å². The number of nitrogens with zero attached hydrogens (tertiary/aromatic N) is 3. The van der Waals surface area contributed by atoms with E-state index in [2.05, 4.69) is 26.1 Å². The number of fused-ring (bicyclic) bond motifs is 1. The average molecular weight is 328 g/mol. The second-order valence-electron chi connectivity index (χ2n) is 6.96. The fourth-order valence-corrected chi connectivity index (χ4v) is 3.44. The van der Waals surface area contributed by atoms with Gasteiger partial charge in [0.1, 0.15) is 11.5 Å². The minimum Gasteiger partial charge on any atom is -0.465 e. The topological polar surface area (TPSA) is 63.3 Å². The summed E-state index contributed by atoms with van der Waals surface area (Å²) in [6.45, 7) is 5.30. The van der Waals surface area contributed by atoms with Gasteiger partial charge in [-0.25, -0.2) is 0 Å². The van der Waals surface area contributed by atoms with Crippen molar-refractivity contribution in [1.29, 1.82) is 0 Å². The Labute approximate surface area is 141 Å². The minimum absolute atomic E-state index is 0.217. The number of furan rings is 1. The normalized spacial score (nSPS) is 20.8. The fourth-order valence-electron chi connectivity index (χ4n) is 3.44. The van der Waals surface area contributed by atoms with Crippen LogP contribution in [0.1, 0.15) is 42.5 Å². The molecule has 0 bridgehead atoms. The second kappa shape index (κ2) is 6.43. The highest BCUT2D eigenvalue weighted by Gasteiger charge is 2.30. The molecule has 6 nitrogen and oxygen atoms in total. The summed E-state index contributed by atoms with van der Waals surface area (Å²) in [5.74, 6) is 2.44. The average Bonchev–Trinajstić information content (AvgIpc) is 3.18. The van der Waals surface area contributed by atoms with Gasteiger partial charge in [-0.3, -0.25) is 14.4 Å². The van der Waals surface area contributed by atoms with Crippen molar-refractivity contribution in [2.24, 2.45) is 5.92 Å². The van der Waals surface area contributed by atoms with Gasteiger partial charge in [-0.1, -0.05) is 0 Å². The molecule has 1 saturated carbocycles. The van der Waals surface area contributed by atoms with Crippen molar-refractivity contribution in [1.82, 2.24) is 20.0 Å². The van der Waals surface area contributed by atoms with Gasteiger partial charge < -0.3 is 9.73 Å². The van der Waals surface area contributed by atoms with Crippen molar-refractivity contribution in [2.75, 3.05) is 13.1 Å². The van der Waals surface area contributed by atoms with Crippen LogP contribution in [0.4, 0.5) is 0 Å². The predicted molar refractivity (Wildman–Crippen MR) is 89.2 cm³/mol. The zero-order valence-electron chi connectivity index (χ0n) is 14.1. The van der Waals surface area contributed by atoms with Gasteiger partial charge in [0.25, 0.3) is 0 Å². The van der Waals surface area contributed by atoms with Crippen molar-refractivity contribution in [3.05, 3.63) is 41.6 Å². The van der Waals surface area contributed by atoms with Gasteiger partial charge in [0.05, 0.1) is 18.3 Å². The highest BCUT2D eigenvalue weighted by Crippen LogP contribution is 2.29. The molecule has 1 aliphatic heterocycles. The van der Waals surface area contributed by atoms with E-state index in [-0.39, 0.29) is 11.8 Å². The molecule has 128 valence electrons. The Morgan fingerprint density at radius 2 is 2.25 bits per heavy atom. The van der Waals surface area contributed by atoms with Gasteiger partial charge in [0.2, 0.25) is 5.91 Å². The molecular weight excluding hydrogens is 304 g/mol. The summed E-state index contributed by atoms with van der Waals surface area (Å²) < 4.78 is 7.83. The SMILES string of the molecule is Cc1ccc(CN2Cc3ccnn3[C@H](CCNC(=O)C3CC3)C2)o1. The molecule has 1 aliphatic carbocycles. The first-order valence-electron chi connectivity index (χ1n) is 8.77. The summed E-state index contributed by atoms with van der Waals surface area (Å²) in [7, 11) is 0. The summed E-state index contributed by atoms with van der Waals surface area (Å²) in [5.41, 5.74) is 1.23. The molecule has 0 spiro atoms. The van der Waals surface area contributed by atoms with Crippen molar-refractivity contribution < 1.29 is 9.21 Å². The van der Waals surface area contributed by atoms with Gasteiger partial charge in [-0.2, -0.15) is 5.10 Å². The number of rotatable bonds is 6. The zero-order valence-corrected chi connectivity index (χ0v) is 14.1. The first kappa shape index (κ1) is 15.4. The Kier molecular flexibility index (Phi) is 4.14. The van der Waals surface area contributed by atoms with Gasteiger partial charge in [-0.15, -0.1) is 0 Å². The van der Waals surface area contributed by atoms with E-state index in [9.17, 15) is 4.79 Å². The molecular formula is C18H24N4O2. The van der Waals surface area contributed by atoms with Gasteiger partial charge in [0, 0.05) is 31.7 Å². The van der Waals surface area contributed by atoms with Crippen LogP contribution < -0.4 is 5.32 Å². The number of hydrogen-bond acceptors (Lipinski definition) is 4. The minimum atomic E-state index is 0.217. The molecule has 0 aromatic carbocycles. The van der Waals surface area contributed by atoms with Crippen molar-refractivity contribution >= 4 is 5.91 Å². The van der Waals surface area contributed by atoms with Gasteiger partial charge >= 0.3 is 0 Å². The fraction of sp³-hybridized carbons (Fsp3) is 0.556. The second-order valence-corrected chi connectivity index (χ2v) is 6.96. The summed E-state index contributed by atoms with van der Waals surface area (Å²) in [4.78, 5) is 14.2. The maximum absolute atomic E-state index is 11.8. The summed E-state index contributed by atoms with van der Waals surface area (Å²) >= 11 is 0. The van der Waals surface area contributed by atoms with Crippen molar-refractivity contribution in [3.63, 3.8) is 0 Å². The molecule has 1 fully saturated rings. The van der Waals surface area contributed by atoms with Crippen LogP contribution in [0, 0.1) is 12.8 Å². The van der Waals surface area contributed by atoms with E-state index in [1.807, 2.05) is 25.3 Å². The Morgan fingerprint density at radius 3 is 3.00 bits per heavy atom. The zero-order chi connectivity index (χ0) is 16.5. The standard InChI is InChI=1S/C18H24N4O2/c1-13-2-5-17(24-13)12-21-10-15(22-16(11-21)7-9-20-22)6-8-19-18(23)14-3-4-14/h2,5,7,9,14-15H,3-4,6,8,10-12H2,1H3,(H,19,23)/t15-/m1/s1. The number of carbonyl (C=O) groups excluding carboxylic acids is 1. The molecule has 3 heterocycles. The van der Waals surface area contributed by atoms with E-state index in [0.29, 0.717) is 12.6 Å². The highest BCUT2D eigenvalue weighted by atomic mass is 16.3. The monoisotopic (exact) mass is 328 g/mol. The van der Waals surface area contributed by atoms with E-state index in [4.69, 9.17) is 4.42 Å². The third-order valence-corrected chi connectivity index (χ3v) is 4.85. The van der Waals surface area contributed by atoms with Crippen LogP contribution in [-0.2, 0) is 17.9 Å². The lowest BCUT2D eigenvalue weighted by Crippen LogP contribution is -2.39. The number of carbonyl (C=O) groups is 1. The lowest BCUT2D eigenvalue weighted by atomic mass is 10.1. The highest BCUT2D eigenvalue weighted by molar-refractivity contribution is 5.80. The number of hydrogen-bond donors (Lipinski definition) is 1. The lowest BCUT2D eigenvalue weighted by molar-refractivity contribution is -0.122. The molecule has 1 amide bonds. The van der Waals surface area contributed by atoms with Gasteiger partial charge in [-0.05, 0) is 44.4 Å². The summed E-state index contributed by atoms with van der Waals surface area (Å²) in [6, 6.07) is 6.43. The van der Waals surface area contributed by atoms with E-state index in [0.717, 1.165) is 50.4 Å². The lowest BCUT2D eigenvalue weighted by Gasteiger charge is -2.33. The van der Waals surface area contributed by atoms with Crippen LogP contribution in [0.5, 0.6) is 0 Å². The Balaban J connectivity index is 1.38. The summed E-state index contributed by atoms with van der Waals surface area (Å²) in [5, 5.41) is 7.55. The number of nitrogens with one attached hydrogen (secondary N) is 1. The predicted octanol–water partition coefficient (Wildman–Crippen LogP) is 2.26. The molecule has 2 aromatic rings. The van der Waals surface area contributed by atoms with Crippen molar-refractivity contribution in [2.45, 2.75) is 45.3 Å². The van der Waals surface area contributed by atoms with E-state index < -0.39 is 0 Å². The molecule has 6 heteroatoms. The first-order valence-corrected chi connectivity index (χ1v) is 8.77. The van der Waals surface area contributed by atoms with E-state index >= 15 is 0 Å². The molecule has 1 N–H and O–H groups in total. The van der Waals surface area contributed by atoms with Gasteiger partial charge in [0.15, 0.2) is 0 Å². The number of aryl methyl sites for hydroxylation is 1. The van der Waals surface area contributed by atoms with Crippen LogP contribution in [0.15, 0.2) is 28.8 Å². The van der Waals surface area contributed by atoms with Crippen LogP contribution >= 0.6 is 0 Å². The van der Waals surface area contributed by atoms with Crippen molar-refractivity contribution in [3.8, 4) is 0 Å². The summed E-state index contributed by atoms with van der Waals surface area (Å²) in [6.07, 6.45) is 4.87. The Morgan fingerprint density at radius 1 is 1.38 bits per heavy atom. The molecule has 4 rings (SSSR count). The van der Waals surface area contributed by atoms with Crippen LogP contribution in [0.25, 0.3) is 0 Å². The molecule has 0 unspecified atom stereocenters. The molecule has 24 heavy (non-hydrogen) atoms. The maximum Gasteiger partial charge on any atom is 0.223 e. The number of aromatic nitrogens is 2. The quantitative estimate of drug-likeness (QED) is 0.883. The smallest absolute Gasteiger partial charge is 0.223 e. The molecule has 0 saturated heterocycles. The maximum atomic E-state index is 11.8. The van der Waals surface area contributed by atoms with Crippen LogP contribution in [0.3, 0.4) is 0 Å². The number of amides is 1. The van der Waals surface area contributed by atoms with E-state index in [1.165, 1.54) is 5.69 Å². The largest absolute Gasteiger partial charge is 0.465 e. The first-order chi connectivity index (χ1) is 11.7. The molecule has 2 aromatic heterocycles. The molecule has 1 atom stereocenters. The van der Waals surface area contributed by atoms with Crippen LogP contribution in [-0.4, -0.2) is 33.7 Å². The third-order valence-electron chi connectivity index (χ3n) is 4.85. The third kappa shape index (κ3) is 3.38. The Hall–Kier alpha value is -2.08. The molecule has 2 aliphatic rings. The van der Waals surface area contributed by atoms with E-state index in [1.54, 1.807) is 0 Å².